The van der Waals surface area contributed by atoms with Crippen LogP contribution in [0.1, 0.15) is 41.4 Å². The van der Waals surface area contributed by atoms with Gasteiger partial charge in [0.1, 0.15) is 5.82 Å². The standard InChI is InChI=1S/C21H26FN3/c1-6-11-25-16(5)14(3)20-21(25)19(13(2)15(4)24-20)23-12-17-7-9-18(22)10-8-17/h7-10H,6,11-12H2,1-5H3,(H,23,24). The summed E-state index contributed by atoms with van der Waals surface area (Å²) in [4.78, 5) is 4.86. The molecule has 0 atom stereocenters. The average molecular weight is 339 g/mol. The molecular weight excluding hydrogens is 313 g/mol. The molecule has 0 aliphatic rings. The zero-order valence-corrected chi connectivity index (χ0v) is 15.7. The largest absolute Gasteiger partial charge is 0.379 e. The van der Waals surface area contributed by atoms with Crippen LogP contribution in [-0.4, -0.2) is 9.55 Å². The molecule has 0 saturated heterocycles. The van der Waals surface area contributed by atoms with Gasteiger partial charge in [-0.3, -0.25) is 4.98 Å². The van der Waals surface area contributed by atoms with E-state index in [1.807, 2.05) is 12.1 Å². The molecule has 2 heterocycles. The Hall–Kier alpha value is -2.36. The van der Waals surface area contributed by atoms with Crippen molar-refractivity contribution < 1.29 is 4.39 Å². The fraction of sp³-hybridized carbons (Fsp3) is 0.381. The van der Waals surface area contributed by atoms with Crippen molar-refractivity contribution in [2.45, 2.75) is 54.1 Å². The van der Waals surface area contributed by atoms with Crippen LogP contribution in [0.2, 0.25) is 0 Å². The number of nitrogens with zero attached hydrogens (tertiary/aromatic N) is 2. The van der Waals surface area contributed by atoms with Crippen molar-refractivity contribution >= 4 is 16.7 Å². The van der Waals surface area contributed by atoms with Gasteiger partial charge < -0.3 is 9.88 Å². The molecule has 0 spiro atoms. The van der Waals surface area contributed by atoms with E-state index in [0.717, 1.165) is 35.4 Å². The van der Waals surface area contributed by atoms with Crippen molar-refractivity contribution in [1.29, 1.82) is 0 Å². The Morgan fingerprint density at radius 1 is 1.04 bits per heavy atom. The molecule has 3 rings (SSSR count). The molecular formula is C21H26FN3. The minimum absolute atomic E-state index is 0.204. The summed E-state index contributed by atoms with van der Waals surface area (Å²) < 4.78 is 15.5. The van der Waals surface area contributed by atoms with Crippen LogP contribution in [0.25, 0.3) is 11.0 Å². The van der Waals surface area contributed by atoms with Crippen molar-refractivity contribution in [3.8, 4) is 0 Å². The van der Waals surface area contributed by atoms with Gasteiger partial charge in [-0.2, -0.15) is 0 Å². The van der Waals surface area contributed by atoms with Gasteiger partial charge in [-0.05, 0) is 62.9 Å². The first-order valence-electron chi connectivity index (χ1n) is 8.89. The van der Waals surface area contributed by atoms with Gasteiger partial charge in [0.05, 0.1) is 16.7 Å². The SMILES string of the molecule is CCCn1c(C)c(C)c2nc(C)c(C)c(NCc3ccc(F)cc3)c21. The van der Waals surface area contributed by atoms with Crippen LogP contribution in [0.15, 0.2) is 24.3 Å². The number of nitrogens with one attached hydrogen (secondary N) is 1. The summed E-state index contributed by atoms with van der Waals surface area (Å²) in [6.45, 7) is 12.3. The van der Waals surface area contributed by atoms with Gasteiger partial charge in [-0.1, -0.05) is 19.1 Å². The molecule has 0 aliphatic carbocycles. The normalized spacial score (nSPS) is 11.3. The topological polar surface area (TPSA) is 29.9 Å². The number of fused-ring (bicyclic) bond motifs is 1. The summed E-state index contributed by atoms with van der Waals surface area (Å²) >= 11 is 0. The van der Waals surface area contributed by atoms with Gasteiger partial charge in [0.25, 0.3) is 0 Å². The number of pyridine rings is 1. The van der Waals surface area contributed by atoms with E-state index in [9.17, 15) is 4.39 Å². The zero-order chi connectivity index (χ0) is 18.1. The van der Waals surface area contributed by atoms with Crippen molar-refractivity contribution in [3.05, 3.63) is 58.2 Å². The molecule has 132 valence electrons. The highest BCUT2D eigenvalue weighted by Crippen LogP contribution is 2.34. The number of halogens is 1. The summed E-state index contributed by atoms with van der Waals surface area (Å²) in [5, 5.41) is 3.59. The first-order chi connectivity index (χ1) is 11.9. The van der Waals surface area contributed by atoms with Gasteiger partial charge >= 0.3 is 0 Å². The van der Waals surface area contributed by atoms with Crippen molar-refractivity contribution in [2.75, 3.05) is 5.32 Å². The van der Waals surface area contributed by atoms with Crippen molar-refractivity contribution in [2.24, 2.45) is 0 Å². The van der Waals surface area contributed by atoms with Crippen LogP contribution >= 0.6 is 0 Å². The molecule has 0 fully saturated rings. The second-order valence-corrected chi connectivity index (χ2v) is 6.74. The first-order valence-corrected chi connectivity index (χ1v) is 8.89. The summed E-state index contributed by atoms with van der Waals surface area (Å²) in [5.74, 6) is -0.204. The Morgan fingerprint density at radius 2 is 1.72 bits per heavy atom. The lowest BCUT2D eigenvalue weighted by molar-refractivity contribution is 0.627. The Kier molecular flexibility index (Phi) is 4.80. The van der Waals surface area contributed by atoms with E-state index >= 15 is 0 Å². The predicted molar refractivity (Wildman–Crippen MR) is 103 cm³/mol. The maximum atomic E-state index is 13.1. The lowest BCUT2D eigenvalue weighted by atomic mass is 10.1. The second-order valence-electron chi connectivity index (χ2n) is 6.74. The van der Waals surface area contributed by atoms with E-state index in [1.54, 1.807) is 0 Å². The number of aryl methyl sites for hydroxylation is 3. The van der Waals surface area contributed by atoms with Gasteiger partial charge in [-0.25, -0.2) is 4.39 Å². The molecule has 4 heteroatoms. The third-order valence-corrected chi connectivity index (χ3v) is 5.06. The maximum absolute atomic E-state index is 13.1. The highest BCUT2D eigenvalue weighted by atomic mass is 19.1. The number of benzene rings is 1. The smallest absolute Gasteiger partial charge is 0.123 e. The van der Waals surface area contributed by atoms with Crippen LogP contribution in [0.3, 0.4) is 0 Å². The van der Waals surface area contributed by atoms with Crippen molar-refractivity contribution in [1.82, 2.24) is 9.55 Å². The Labute approximate surface area is 148 Å². The summed E-state index contributed by atoms with van der Waals surface area (Å²) in [7, 11) is 0. The fourth-order valence-corrected chi connectivity index (χ4v) is 3.36. The zero-order valence-electron chi connectivity index (χ0n) is 15.7. The summed E-state index contributed by atoms with van der Waals surface area (Å²) in [6, 6.07) is 6.66. The lowest BCUT2D eigenvalue weighted by Crippen LogP contribution is -2.07. The van der Waals surface area contributed by atoms with Crippen LogP contribution < -0.4 is 5.32 Å². The monoisotopic (exact) mass is 339 g/mol. The molecule has 2 aromatic heterocycles. The molecule has 0 bridgehead atoms. The number of hydrogen-bond acceptors (Lipinski definition) is 2. The first kappa shape index (κ1) is 17.5. The third kappa shape index (κ3) is 3.13. The van der Waals surface area contributed by atoms with E-state index in [4.69, 9.17) is 4.98 Å². The minimum Gasteiger partial charge on any atom is -0.379 e. The summed E-state index contributed by atoms with van der Waals surface area (Å²) in [5.41, 5.74) is 9.20. The van der Waals surface area contributed by atoms with Gasteiger partial charge in [0.2, 0.25) is 0 Å². The molecule has 0 saturated carbocycles. The Bertz CT molecular complexity index is 908. The van der Waals surface area contributed by atoms with Crippen LogP contribution in [-0.2, 0) is 13.1 Å². The van der Waals surface area contributed by atoms with Crippen molar-refractivity contribution in [3.63, 3.8) is 0 Å². The third-order valence-electron chi connectivity index (χ3n) is 5.06. The van der Waals surface area contributed by atoms with E-state index < -0.39 is 0 Å². The Balaban J connectivity index is 2.10. The van der Waals surface area contributed by atoms with E-state index in [-0.39, 0.29) is 5.82 Å². The minimum atomic E-state index is -0.204. The molecule has 0 amide bonds. The Morgan fingerprint density at radius 3 is 2.36 bits per heavy atom. The second kappa shape index (κ2) is 6.87. The quantitative estimate of drug-likeness (QED) is 0.671. The average Bonchev–Trinajstić information content (AvgIpc) is 2.82. The highest BCUT2D eigenvalue weighted by Gasteiger charge is 2.18. The molecule has 3 aromatic rings. The van der Waals surface area contributed by atoms with Gasteiger partial charge in [0, 0.05) is 24.5 Å². The molecule has 1 aromatic carbocycles. The number of anilines is 1. The van der Waals surface area contributed by atoms with Crippen LogP contribution in [0.5, 0.6) is 0 Å². The molecule has 0 radical (unpaired) electrons. The number of hydrogen-bond donors (Lipinski definition) is 1. The van der Waals surface area contributed by atoms with E-state index in [1.165, 1.54) is 34.5 Å². The predicted octanol–water partition coefficient (Wildman–Crippen LogP) is 5.43. The van der Waals surface area contributed by atoms with E-state index in [2.05, 4.69) is 44.5 Å². The fourth-order valence-electron chi connectivity index (χ4n) is 3.36. The molecule has 1 N–H and O–H groups in total. The van der Waals surface area contributed by atoms with E-state index in [0.29, 0.717) is 6.54 Å². The highest BCUT2D eigenvalue weighted by molar-refractivity contribution is 5.94. The number of aromatic nitrogens is 2. The maximum Gasteiger partial charge on any atom is 0.123 e. The molecule has 3 nitrogen and oxygen atoms in total. The summed E-state index contributed by atoms with van der Waals surface area (Å²) in [6.07, 6.45) is 1.08. The van der Waals surface area contributed by atoms with Gasteiger partial charge in [0.15, 0.2) is 0 Å². The molecule has 0 aliphatic heterocycles. The molecule has 25 heavy (non-hydrogen) atoms. The van der Waals surface area contributed by atoms with Gasteiger partial charge in [-0.15, -0.1) is 0 Å². The van der Waals surface area contributed by atoms with Crippen LogP contribution in [0.4, 0.5) is 10.1 Å². The van der Waals surface area contributed by atoms with Crippen LogP contribution in [0, 0.1) is 33.5 Å². The lowest BCUT2D eigenvalue weighted by Gasteiger charge is -2.16. The molecule has 0 unspecified atom stereocenters. The number of rotatable bonds is 5.